The molecule has 0 radical (unpaired) electrons. The molecular formula is C22H17FN2O2. The summed E-state index contributed by atoms with van der Waals surface area (Å²) in [5.41, 5.74) is 2.30. The van der Waals surface area contributed by atoms with E-state index in [0.717, 1.165) is 5.56 Å². The maximum absolute atomic E-state index is 14.6. The first-order valence-electron chi connectivity index (χ1n) is 8.59. The lowest BCUT2D eigenvalue weighted by Gasteiger charge is -2.27. The molecule has 0 spiro atoms. The zero-order valence-corrected chi connectivity index (χ0v) is 14.4. The lowest BCUT2D eigenvalue weighted by Crippen LogP contribution is -2.30. The van der Waals surface area contributed by atoms with Crippen LogP contribution < -0.4 is 0 Å². The SMILES string of the molecule is O=C1C(O)=C(c2ccccc2)[C@@H](c2ccccc2F)N1Cc1ccncc1. The maximum Gasteiger partial charge on any atom is 0.290 e. The molecule has 0 saturated heterocycles. The minimum absolute atomic E-state index is 0.237. The van der Waals surface area contributed by atoms with Gasteiger partial charge in [-0.2, -0.15) is 0 Å². The van der Waals surface area contributed by atoms with E-state index in [9.17, 15) is 14.3 Å². The highest BCUT2D eigenvalue weighted by atomic mass is 19.1. The standard InChI is InChI=1S/C22H17FN2O2/c23-18-9-5-4-8-17(18)20-19(16-6-2-1-3-7-16)21(26)22(27)25(20)14-15-10-12-24-13-11-15/h1-13,20,26H,14H2/t20-/m1/s1. The molecule has 1 aliphatic heterocycles. The van der Waals surface area contributed by atoms with Crippen LogP contribution in [0.2, 0.25) is 0 Å². The maximum atomic E-state index is 14.6. The largest absolute Gasteiger partial charge is 0.503 e. The van der Waals surface area contributed by atoms with E-state index in [0.29, 0.717) is 16.7 Å². The van der Waals surface area contributed by atoms with Crippen LogP contribution in [0.5, 0.6) is 0 Å². The van der Waals surface area contributed by atoms with Crippen LogP contribution in [0.4, 0.5) is 4.39 Å². The quantitative estimate of drug-likeness (QED) is 0.756. The lowest BCUT2D eigenvalue weighted by atomic mass is 9.93. The molecule has 4 nitrogen and oxygen atoms in total. The highest BCUT2D eigenvalue weighted by molar-refractivity contribution is 6.05. The Morgan fingerprint density at radius 2 is 1.63 bits per heavy atom. The van der Waals surface area contributed by atoms with Gasteiger partial charge in [-0.15, -0.1) is 0 Å². The van der Waals surface area contributed by atoms with Crippen molar-refractivity contribution in [2.45, 2.75) is 12.6 Å². The second kappa shape index (κ2) is 7.03. The Balaban J connectivity index is 1.85. The fraction of sp³-hybridized carbons (Fsp3) is 0.0909. The molecule has 1 N–H and O–H groups in total. The summed E-state index contributed by atoms with van der Waals surface area (Å²) in [7, 11) is 0. The van der Waals surface area contributed by atoms with Crippen molar-refractivity contribution in [3.8, 4) is 0 Å². The van der Waals surface area contributed by atoms with Crippen LogP contribution >= 0.6 is 0 Å². The number of amides is 1. The van der Waals surface area contributed by atoms with Crippen LogP contribution in [0, 0.1) is 5.82 Å². The second-order valence-electron chi connectivity index (χ2n) is 6.34. The summed E-state index contributed by atoms with van der Waals surface area (Å²) in [6.45, 7) is 0.237. The molecule has 0 fully saturated rings. The average Bonchev–Trinajstić information content (AvgIpc) is 2.95. The molecule has 2 aromatic carbocycles. The van der Waals surface area contributed by atoms with Crippen molar-refractivity contribution in [1.82, 2.24) is 9.88 Å². The van der Waals surface area contributed by atoms with Crippen LogP contribution in [-0.4, -0.2) is 20.9 Å². The molecule has 1 aliphatic rings. The highest BCUT2D eigenvalue weighted by Gasteiger charge is 2.41. The molecule has 1 aromatic heterocycles. The molecule has 4 rings (SSSR count). The summed E-state index contributed by atoms with van der Waals surface area (Å²) in [6.07, 6.45) is 3.28. The molecule has 27 heavy (non-hydrogen) atoms. The molecule has 0 saturated carbocycles. The summed E-state index contributed by atoms with van der Waals surface area (Å²) in [6, 6.07) is 18.3. The molecule has 0 bridgehead atoms. The number of aromatic nitrogens is 1. The van der Waals surface area contributed by atoms with Gasteiger partial charge in [0.05, 0.1) is 6.04 Å². The van der Waals surface area contributed by atoms with E-state index in [-0.39, 0.29) is 12.3 Å². The number of rotatable bonds is 4. The Morgan fingerprint density at radius 3 is 2.33 bits per heavy atom. The van der Waals surface area contributed by atoms with Gasteiger partial charge in [-0.1, -0.05) is 48.5 Å². The molecular weight excluding hydrogens is 343 g/mol. The number of pyridine rings is 1. The molecule has 134 valence electrons. The number of halogens is 1. The topological polar surface area (TPSA) is 53.4 Å². The van der Waals surface area contributed by atoms with Crippen molar-refractivity contribution < 1.29 is 14.3 Å². The Kier molecular flexibility index (Phi) is 4.42. The van der Waals surface area contributed by atoms with E-state index in [2.05, 4.69) is 4.98 Å². The molecule has 0 aliphatic carbocycles. The number of benzene rings is 2. The highest BCUT2D eigenvalue weighted by Crippen LogP contribution is 2.44. The normalized spacial score (nSPS) is 16.9. The monoisotopic (exact) mass is 360 g/mol. The van der Waals surface area contributed by atoms with Gasteiger partial charge in [0.15, 0.2) is 5.76 Å². The van der Waals surface area contributed by atoms with E-state index in [4.69, 9.17) is 0 Å². The smallest absolute Gasteiger partial charge is 0.290 e. The summed E-state index contributed by atoms with van der Waals surface area (Å²) in [5.74, 6) is -1.28. The third kappa shape index (κ3) is 3.08. The lowest BCUT2D eigenvalue weighted by molar-refractivity contribution is -0.130. The van der Waals surface area contributed by atoms with Crippen molar-refractivity contribution >= 4 is 11.5 Å². The fourth-order valence-corrected chi connectivity index (χ4v) is 3.43. The summed E-state index contributed by atoms with van der Waals surface area (Å²) < 4.78 is 14.6. The van der Waals surface area contributed by atoms with Crippen molar-refractivity contribution in [3.05, 3.63) is 107 Å². The molecule has 5 heteroatoms. The summed E-state index contributed by atoms with van der Waals surface area (Å²) >= 11 is 0. The molecule has 2 heterocycles. The second-order valence-corrected chi connectivity index (χ2v) is 6.34. The van der Waals surface area contributed by atoms with Crippen LogP contribution in [0.15, 0.2) is 84.9 Å². The average molecular weight is 360 g/mol. The zero-order chi connectivity index (χ0) is 18.8. The van der Waals surface area contributed by atoms with Crippen molar-refractivity contribution in [2.75, 3.05) is 0 Å². The van der Waals surface area contributed by atoms with Crippen LogP contribution in [0.25, 0.3) is 5.57 Å². The minimum atomic E-state index is -0.714. The molecule has 1 amide bonds. The number of aliphatic hydroxyl groups is 1. The van der Waals surface area contributed by atoms with E-state index >= 15 is 0 Å². The van der Waals surface area contributed by atoms with E-state index in [1.165, 1.54) is 11.0 Å². The molecule has 0 unspecified atom stereocenters. The Hall–Kier alpha value is -3.47. The van der Waals surface area contributed by atoms with E-state index < -0.39 is 17.8 Å². The predicted molar refractivity (Wildman–Crippen MR) is 99.9 cm³/mol. The number of carbonyl (C=O) groups is 1. The number of nitrogens with zero attached hydrogens (tertiary/aromatic N) is 2. The molecule has 1 atom stereocenters. The van der Waals surface area contributed by atoms with Crippen LogP contribution in [0.1, 0.15) is 22.7 Å². The van der Waals surface area contributed by atoms with E-state index in [1.54, 1.807) is 42.7 Å². The Labute approximate surface area is 156 Å². The van der Waals surface area contributed by atoms with Gasteiger partial charge in [0.1, 0.15) is 5.82 Å². The first-order valence-corrected chi connectivity index (χ1v) is 8.59. The predicted octanol–water partition coefficient (Wildman–Crippen LogP) is 4.27. The van der Waals surface area contributed by atoms with Gasteiger partial charge in [0.2, 0.25) is 0 Å². The first kappa shape index (κ1) is 17.0. The zero-order valence-electron chi connectivity index (χ0n) is 14.4. The van der Waals surface area contributed by atoms with E-state index in [1.807, 2.05) is 30.3 Å². The Morgan fingerprint density at radius 1 is 0.963 bits per heavy atom. The van der Waals surface area contributed by atoms with Crippen molar-refractivity contribution in [3.63, 3.8) is 0 Å². The van der Waals surface area contributed by atoms with Gasteiger partial charge in [-0.25, -0.2) is 4.39 Å². The summed E-state index contributed by atoms with van der Waals surface area (Å²) in [4.78, 5) is 18.3. The summed E-state index contributed by atoms with van der Waals surface area (Å²) in [5, 5.41) is 10.6. The minimum Gasteiger partial charge on any atom is -0.503 e. The third-order valence-electron chi connectivity index (χ3n) is 4.69. The van der Waals surface area contributed by atoms with Gasteiger partial charge in [-0.3, -0.25) is 9.78 Å². The third-order valence-corrected chi connectivity index (χ3v) is 4.69. The van der Waals surface area contributed by atoms with Crippen molar-refractivity contribution in [1.29, 1.82) is 0 Å². The van der Waals surface area contributed by atoms with Gasteiger partial charge >= 0.3 is 0 Å². The fourth-order valence-electron chi connectivity index (χ4n) is 3.43. The van der Waals surface area contributed by atoms with Gasteiger partial charge in [0, 0.05) is 30.1 Å². The van der Waals surface area contributed by atoms with Gasteiger partial charge in [0.25, 0.3) is 5.91 Å². The van der Waals surface area contributed by atoms with Crippen LogP contribution in [-0.2, 0) is 11.3 Å². The first-order chi connectivity index (χ1) is 13.2. The Bertz CT molecular complexity index is 1000. The van der Waals surface area contributed by atoms with Crippen molar-refractivity contribution in [2.24, 2.45) is 0 Å². The number of carbonyl (C=O) groups excluding carboxylic acids is 1. The van der Waals surface area contributed by atoms with Gasteiger partial charge in [-0.05, 0) is 29.3 Å². The van der Waals surface area contributed by atoms with Gasteiger partial charge < -0.3 is 10.0 Å². The molecule has 3 aromatic rings. The van der Waals surface area contributed by atoms with Crippen LogP contribution in [0.3, 0.4) is 0 Å². The number of aliphatic hydroxyl groups excluding tert-OH is 1. The number of hydrogen-bond donors (Lipinski definition) is 1. The number of hydrogen-bond acceptors (Lipinski definition) is 3.